The van der Waals surface area contributed by atoms with Crippen molar-refractivity contribution in [3.05, 3.63) is 83.5 Å². The van der Waals surface area contributed by atoms with Gasteiger partial charge in [0.1, 0.15) is 0 Å². The molecule has 2 heteroatoms. The van der Waals surface area contributed by atoms with Crippen molar-refractivity contribution in [3.63, 3.8) is 0 Å². The van der Waals surface area contributed by atoms with Crippen LogP contribution in [0.1, 0.15) is 37.8 Å². The number of fused-ring (bicyclic) bond motifs is 3. The van der Waals surface area contributed by atoms with E-state index in [2.05, 4.69) is 116 Å². The Morgan fingerprint density at radius 1 is 0.923 bits per heavy atom. The maximum absolute atomic E-state index is 4.03. The second kappa shape index (κ2) is 6.21. The summed E-state index contributed by atoms with van der Waals surface area (Å²) in [6.07, 6.45) is 7.09. The van der Waals surface area contributed by atoms with E-state index in [1.54, 1.807) is 0 Å². The molecule has 0 bridgehead atoms. The number of likely N-dealkylation sites (N-methyl/N-ethyl adjacent to an activating group) is 1. The fourth-order valence-corrected chi connectivity index (χ4v) is 5.39. The molecule has 0 aliphatic heterocycles. The maximum atomic E-state index is 4.03. The summed E-state index contributed by atoms with van der Waals surface area (Å²) >= 11 is 4.03. The highest BCUT2D eigenvalue weighted by atomic mass is 79.9. The molecule has 2 aliphatic carbocycles. The van der Waals surface area contributed by atoms with E-state index in [4.69, 9.17) is 0 Å². The Labute approximate surface area is 165 Å². The summed E-state index contributed by atoms with van der Waals surface area (Å²) in [5.41, 5.74) is 6.87. The van der Waals surface area contributed by atoms with Crippen LogP contribution in [0.25, 0.3) is 11.1 Å². The highest BCUT2D eigenvalue weighted by molar-refractivity contribution is 9.09. The van der Waals surface area contributed by atoms with Crippen LogP contribution in [-0.4, -0.2) is 17.4 Å². The average molecular weight is 408 g/mol. The first-order chi connectivity index (χ1) is 12.4. The molecule has 0 saturated heterocycles. The lowest BCUT2D eigenvalue weighted by Gasteiger charge is -2.43. The van der Waals surface area contributed by atoms with Gasteiger partial charge in [-0.1, -0.05) is 103 Å². The van der Waals surface area contributed by atoms with E-state index in [0.29, 0.717) is 0 Å². The number of halogens is 1. The molecule has 0 radical (unpaired) electrons. The van der Waals surface area contributed by atoms with Crippen molar-refractivity contribution in [2.24, 2.45) is 5.41 Å². The number of alkyl halides is 1. The van der Waals surface area contributed by atoms with E-state index in [0.717, 1.165) is 0 Å². The van der Waals surface area contributed by atoms with Gasteiger partial charge >= 0.3 is 0 Å². The van der Waals surface area contributed by atoms with Gasteiger partial charge in [0.2, 0.25) is 0 Å². The zero-order chi connectivity index (χ0) is 18.5. The van der Waals surface area contributed by atoms with Gasteiger partial charge in [-0.25, -0.2) is 0 Å². The minimum Gasteiger partial charge on any atom is -0.309 e. The lowest BCUT2D eigenvalue weighted by molar-refractivity contribution is 0.397. The van der Waals surface area contributed by atoms with E-state index in [1.165, 1.54) is 27.8 Å². The smallest absolute Gasteiger partial charge is 0.0638 e. The number of hydrogen-bond acceptors (Lipinski definition) is 1. The van der Waals surface area contributed by atoms with Gasteiger partial charge in [-0.2, -0.15) is 0 Å². The van der Waals surface area contributed by atoms with Gasteiger partial charge < -0.3 is 5.32 Å². The van der Waals surface area contributed by atoms with Gasteiger partial charge in [-0.05, 0) is 40.3 Å². The van der Waals surface area contributed by atoms with Crippen LogP contribution in [0.5, 0.6) is 0 Å². The highest BCUT2D eigenvalue weighted by Crippen LogP contribution is 2.53. The topological polar surface area (TPSA) is 12.0 Å². The van der Waals surface area contributed by atoms with Gasteiger partial charge in [-0.3, -0.25) is 0 Å². The van der Waals surface area contributed by atoms with Crippen LogP contribution in [0.15, 0.2) is 72.3 Å². The van der Waals surface area contributed by atoms with E-state index in [1.807, 2.05) is 0 Å². The van der Waals surface area contributed by atoms with Gasteiger partial charge in [-0.15, -0.1) is 0 Å². The van der Waals surface area contributed by atoms with Crippen molar-refractivity contribution in [1.29, 1.82) is 0 Å². The molecule has 4 rings (SSSR count). The molecular weight excluding hydrogens is 382 g/mol. The zero-order valence-electron chi connectivity index (χ0n) is 15.9. The van der Waals surface area contributed by atoms with Crippen LogP contribution in [0.4, 0.5) is 0 Å². The van der Waals surface area contributed by atoms with Gasteiger partial charge in [0.25, 0.3) is 0 Å². The third-order valence-electron chi connectivity index (χ3n) is 5.93. The predicted octanol–water partition coefficient (Wildman–Crippen LogP) is 6.06. The molecule has 0 fully saturated rings. The second-order valence-electron chi connectivity index (χ2n) is 8.40. The number of allylic oxidation sites excluding steroid dienone is 2. The Hall–Kier alpha value is -1.64. The molecule has 0 aromatic heterocycles. The Kier molecular flexibility index (Phi) is 4.24. The molecule has 0 heterocycles. The minimum absolute atomic E-state index is 0.147. The Morgan fingerprint density at radius 3 is 1.92 bits per heavy atom. The predicted molar refractivity (Wildman–Crippen MR) is 115 cm³/mol. The Morgan fingerprint density at radius 2 is 1.46 bits per heavy atom. The molecular formula is C24H26BrN. The summed E-state index contributed by atoms with van der Waals surface area (Å²) < 4.78 is 0. The third-order valence-corrected chi connectivity index (χ3v) is 6.95. The number of nitrogens with one attached hydrogen (secondary N) is 1. The summed E-state index contributed by atoms with van der Waals surface area (Å²) in [4.78, 5) is 0.212. The zero-order valence-corrected chi connectivity index (χ0v) is 17.5. The summed E-state index contributed by atoms with van der Waals surface area (Å²) in [5, 5.41) is 3.68. The van der Waals surface area contributed by atoms with Crippen LogP contribution in [-0.2, 0) is 0 Å². The Balaban J connectivity index is 1.89. The fourth-order valence-electron chi connectivity index (χ4n) is 4.46. The van der Waals surface area contributed by atoms with Crippen LogP contribution in [0.3, 0.4) is 0 Å². The van der Waals surface area contributed by atoms with E-state index < -0.39 is 0 Å². The van der Waals surface area contributed by atoms with Crippen molar-refractivity contribution in [1.82, 2.24) is 5.32 Å². The molecule has 2 aromatic rings. The molecule has 0 amide bonds. The van der Waals surface area contributed by atoms with Crippen molar-refractivity contribution < 1.29 is 0 Å². The van der Waals surface area contributed by atoms with Crippen LogP contribution >= 0.6 is 15.9 Å². The summed E-state index contributed by atoms with van der Waals surface area (Å²) in [6.45, 7) is 6.82. The van der Waals surface area contributed by atoms with Crippen molar-refractivity contribution in [2.45, 2.75) is 37.1 Å². The highest BCUT2D eigenvalue weighted by Gasteiger charge is 2.47. The minimum atomic E-state index is -0.197. The first kappa shape index (κ1) is 17.8. The van der Waals surface area contributed by atoms with Crippen molar-refractivity contribution in [3.8, 4) is 11.1 Å². The van der Waals surface area contributed by atoms with E-state index in [9.17, 15) is 0 Å². The number of rotatable bonds is 2. The quantitative estimate of drug-likeness (QED) is 0.596. The third kappa shape index (κ3) is 2.54. The summed E-state index contributed by atoms with van der Waals surface area (Å²) in [5.74, 6) is 0.276. The van der Waals surface area contributed by atoms with E-state index >= 15 is 0 Å². The molecule has 2 aromatic carbocycles. The first-order valence-electron chi connectivity index (χ1n) is 9.31. The summed E-state index contributed by atoms with van der Waals surface area (Å²) in [7, 11) is 2.08. The SMILES string of the molecule is CNC1(C2c3ccccc3-c3ccccc32)C=CC(C(C)(C)C)=CC1Br. The van der Waals surface area contributed by atoms with Gasteiger partial charge in [0.15, 0.2) is 0 Å². The summed E-state index contributed by atoms with van der Waals surface area (Å²) in [6, 6.07) is 17.7. The lowest BCUT2D eigenvalue weighted by Crippen LogP contribution is -2.54. The van der Waals surface area contributed by atoms with Crippen molar-refractivity contribution in [2.75, 3.05) is 7.05 Å². The average Bonchev–Trinajstić information content (AvgIpc) is 2.96. The Bertz CT molecular complexity index is 857. The molecule has 0 saturated carbocycles. The molecule has 2 atom stereocenters. The molecule has 1 nitrogen and oxygen atoms in total. The standard InChI is InChI=1S/C24H26BrN/c1-23(2,3)16-13-14-24(26-4,21(25)15-16)22-19-11-7-5-9-17(19)18-10-6-8-12-20(18)22/h5-15,21-22,26H,1-4H3. The monoisotopic (exact) mass is 407 g/mol. The molecule has 1 N–H and O–H groups in total. The van der Waals surface area contributed by atoms with Crippen LogP contribution in [0, 0.1) is 5.41 Å². The maximum Gasteiger partial charge on any atom is 0.0638 e. The number of hydrogen-bond donors (Lipinski definition) is 1. The van der Waals surface area contributed by atoms with Crippen molar-refractivity contribution >= 4 is 15.9 Å². The van der Waals surface area contributed by atoms with Crippen LogP contribution in [0.2, 0.25) is 0 Å². The molecule has 2 unspecified atom stereocenters. The van der Waals surface area contributed by atoms with E-state index in [-0.39, 0.29) is 21.7 Å². The van der Waals surface area contributed by atoms with Gasteiger partial charge in [0, 0.05) is 5.92 Å². The van der Waals surface area contributed by atoms with Gasteiger partial charge in [0.05, 0.1) is 10.4 Å². The second-order valence-corrected chi connectivity index (χ2v) is 9.38. The molecule has 0 spiro atoms. The first-order valence-corrected chi connectivity index (χ1v) is 10.2. The van der Waals surface area contributed by atoms with Crippen LogP contribution < -0.4 is 5.32 Å². The largest absolute Gasteiger partial charge is 0.309 e. The molecule has 26 heavy (non-hydrogen) atoms. The lowest BCUT2D eigenvalue weighted by atomic mass is 9.70. The molecule has 134 valence electrons. The fraction of sp³-hybridized carbons (Fsp3) is 0.333. The normalized spacial score (nSPS) is 25.0. The molecule has 2 aliphatic rings. The number of benzene rings is 2.